The standard InChI is InChI=1S/C6H13ClS/c1-3-4-8-6(2)5-7/h6H,3-5H2,1-2H3. The maximum Gasteiger partial charge on any atom is 0.0339 e. The minimum Gasteiger partial charge on any atom is -0.158 e. The molecule has 0 fully saturated rings. The molecule has 0 saturated carbocycles. The molecule has 2 heteroatoms. The highest BCUT2D eigenvalue weighted by Gasteiger charge is 1.96. The summed E-state index contributed by atoms with van der Waals surface area (Å²) in [6.07, 6.45) is 1.26. The fourth-order valence-corrected chi connectivity index (χ4v) is 1.36. The number of rotatable bonds is 4. The zero-order valence-electron chi connectivity index (χ0n) is 5.48. The van der Waals surface area contributed by atoms with Crippen molar-refractivity contribution in [3.63, 3.8) is 0 Å². The van der Waals surface area contributed by atoms with Crippen LogP contribution in [0.2, 0.25) is 0 Å². The highest BCUT2D eigenvalue weighted by Crippen LogP contribution is 2.11. The highest BCUT2D eigenvalue weighted by molar-refractivity contribution is 7.99. The monoisotopic (exact) mass is 152 g/mol. The zero-order chi connectivity index (χ0) is 6.41. The molecule has 0 amide bonds. The van der Waals surface area contributed by atoms with Gasteiger partial charge in [0.15, 0.2) is 0 Å². The molecule has 1 atom stereocenters. The van der Waals surface area contributed by atoms with E-state index in [-0.39, 0.29) is 0 Å². The lowest BCUT2D eigenvalue weighted by atomic mass is 10.6. The van der Waals surface area contributed by atoms with Crippen LogP contribution in [0.4, 0.5) is 0 Å². The van der Waals surface area contributed by atoms with Gasteiger partial charge >= 0.3 is 0 Å². The molecule has 0 aromatic rings. The van der Waals surface area contributed by atoms with Crippen LogP contribution in [0, 0.1) is 0 Å². The fraction of sp³-hybridized carbons (Fsp3) is 1.00. The van der Waals surface area contributed by atoms with Crippen molar-refractivity contribution < 1.29 is 0 Å². The zero-order valence-corrected chi connectivity index (χ0v) is 7.06. The van der Waals surface area contributed by atoms with Crippen molar-refractivity contribution in [2.45, 2.75) is 25.5 Å². The predicted molar refractivity (Wildman–Crippen MR) is 42.9 cm³/mol. The highest BCUT2D eigenvalue weighted by atomic mass is 35.5. The maximum atomic E-state index is 5.57. The van der Waals surface area contributed by atoms with Crippen molar-refractivity contribution in [3.8, 4) is 0 Å². The largest absolute Gasteiger partial charge is 0.158 e. The second kappa shape index (κ2) is 5.77. The van der Waals surface area contributed by atoms with Crippen LogP contribution in [0.1, 0.15) is 20.3 Å². The molecule has 0 spiro atoms. The summed E-state index contributed by atoms with van der Waals surface area (Å²) >= 11 is 7.51. The van der Waals surface area contributed by atoms with Gasteiger partial charge in [0.05, 0.1) is 0 Å². The molecule has 0 radical (unpaired) electrons. The van der Waals surface area contributed by atoms with Gasteiger partial charge in [-0.05, 0) is 12.2 Å². The van der Waals surface area contributed by atoms with E-state index in [1.165, 1.54) is 12.2 Å². The van der Waals surface area contributed by atoms with Crippen molar-refractivity contribution in [2.75, 3.05) is 11.6 Å². The van der Waals surface area contributed by atoms with Crippen LogP contribution in [0.25, 0.3) is 0 Å². The normalized spacial score (nSPS) is 13.9. The number of alkyl halides is 1. The van der Waals surface area contributed by atoms with Crippen LogP contribution in [-0.2, 0) is 0 Å². The molecule has 0 aliphatic rings. The molecule has 1 unspecified atom stereocenters. The first-order valence-electron chi connectivity index (χ1n) is 2.98. The first kappa shape index (κ1) is 8.64. The summed E-state index contributed by atoms with van der Waals surface area (Å²) in [5.74, 6) is 2.03. The van der Waals surface area contributed by atoms with E-state index in [4.69, 9.17) is 11.6 Å². The van der Waals surface area contributed by atoms with E-state index < -0.39 is 0 Å². The van der Waals surface area contributed by atoms with E-state index in [1.807, 2.05) is 11.8 Å². The molecule has 0 aliphatic carbocycles. The Labute approximate surface area is 61.0 Å². The Kier molecular flexibility index (Phi) is 6.23. The number of hydrogen-bond donors (Lipinski definition) is 0. The molecule has 0 bridgehead atoms. The summed E-state index contributed by atoms with van der Waals surface area (Å²) < 4.78 is 0. The molecule has 0 heterocycles. The van der Waals surface area contributed by atoms with Crippen LogP contribution in [0.3, 0.4) is 0 Å². The molecule has 0 aromatic carbocycles. The molecular weight excluding hydrogens is 140 g/mol. The molecule has 0 nitrogen and oxygen atoms in total. The van der Waals surface area contributed by atoms with Crippen LogP contribution < -0.4 is 0 Å². The van der Waals surface area contributed by atoms with Gasteiger partial charge < -0.3 is 0 Å². The summed E-state index contributed by atoms with van der Waals surface area (Å²) in [4.78, 5) is 0. The predicted octanol–water partition coefficient (Wildman–Crippen LogP) is 2.76. The third-order valence-corrected chi connectivity index (χ3v) is 2.85. The van der Waals surface area contributed by atoms with E-state index in [9.17, 15) is 0 Å². The van der Waals surface area contributed by atoms with Crippen molar-refractivity contribution >= 4 is 23.4 Å². The van der Waals surface area contributed by atoms with E-state index in [1.54, 1.807) is 0 Å². The van der Waals surface area contributed by atoms with Gasteiger partial charge in [0.25, 0.3) is 0 Å². The minimum atomic E-state index is 0.636. The Morgan fingerprint density at radius 1 is 1.62 bits per heavy atom. The first-order valence-corrected chi connectivity index (χ1v) is 4.57. The van der Waals surface area contributed by atoms with Gasteiger partial charge in [-0.2, -0.15) is 11.8 Å². The summed E-state index contributed by atoms with van der Waals surface area (Å²) in [6, 6.07) is 0. The van der Waals surface area contributed by atoms with Gasteiger partial charge in [-0.15, -0.1) is 11.6 Å². The van der Waals surface area contributed by atoms with Gasteiger partial charge in [0.1, 0.15) is 0 Å². The molecule has 0 aromatic heterocycles. The number of halogens is 1. The van der Waals surface area contributed by atoms with Crippen LogP contribution in [0.5, 0.6) is 0 Å². The average molecular weight is 153 g/mol. The molecule has 0 saturated heterocycles. The van der Waals surface area contributed by atoms with E-state index >= 15 is 0 Å². The third-order valence-electron chi connectivity index (χ3n) is 0.824. The molecular formula is C6H13ClS. The average Bonchev–Trinajstić information content (AvgIpc) is 1.83. The molecule has 0 aliphatic heterocycles. The van der Waals surface area contributed by atoms with Crippen molar-refractivity contribution in [1.29, 1.82) is 0 Å². The van der Waals surface area contributed by atoms with Gasteiger partial charge in [0, 0.05) is 11.1 Å². The summed E-state index contributed by atoms with van der Waals surface area (Å²) in [5.41, 5.74) is 0. The van der Waals surface area contributed by atoms with E-state index in [0.29, 0.717) is 5.25 Å². The Morgan fingerprint density at radius 2 is 2.25 bits per heavy atom. The quantitative estimate of drug-likeness (QED) is 0.559. The van der Waals surface area contributed by atoms with Crippen molar-refractivity contribution in [3.05, 3.63) is 0 Å². The Bertz CT molecular complexity index is 47.8. The molecule has 0 rings (SSSR count). The SMILES string of the molecule is CCCSC(C)CCl. The summed E-state index contributed by atoms with van der Waals surface area (Å²) in [7, 11) is 0. The van der Waals surface area contributed by atoms with E-state index in [0.717, 1.165) is 5.88 Å². The Morgan fingerprint density at radius 3 is 2.62 bits per heavy atom. The lowest BCUT2D eigenvalue weighted by molar-refractivity contribution is 1.07. The maximum absolute atomic E-state index is 5.57. The van der Waals surface area contributed by atoms with Gasteiger partial charge in [0.2, 0.25) is 0 Å². The van der Waals surface area contributed by atoms with E-state index in [2.05, 4.69) is 13.8 Å². The number of hydrogen-bond acceptors (Lipinski definition) is 1. The first-order chi connectivity index (χ1) is 3.81. The topological polar surface area (TPSA) is 0 Å². The lowest BCUT2D eigenvalue weighted by Gasteiger charge is -2.03. The summed E-state index contributed by atoms with van der Waals surface area (Å²) in [5, 5.41) is 0.636. The van der Waals surface area contributed by atoms with Crippen LogP contribution >= 0.6 is 23.4 Å². The van der Waals surface area contributed by atoms with Crippen LogP contribution in [-0.4, -0.2) is 16.9 Å². The molecule has 8 heavy (non-hydrogen) atoms. The Hall–Kier alpha value is 0.640. The Balaban J connectivity index is 2.86. The molecule has 0 N–H and O–H groups in total. The lowest BCUT2D eigenvalue weighted by Crippen LogP contribution is -1.97. The smallest absolute Gasteiger partial charge is 0.0339 e. The second-order valence-corrected chi connectivity index (χ2v) is 3.69. The summed E-state index contributed by atoms with van der Waals surface area (Å²) in [6.45, 7) is 4.35. The minimum absolute atomic E-state index is 0.636. The van der Waals surface area contributed by atoms with Crippen molar-refractivity contribution in [1.82, 2.24) is 0 Å². The second-order valence-electron chi connectivity index (χ2n) is 1.84. The van der Waals surface area contributed by atoms with Gasteiger partial charge in [-0.25, -0.2) is 0 Å². The van der Waals surface area contributed by atoms with Gasteiger partial charge in [-0.3, -0.25) is 0 Å². The molecule has 50 valence electrons. The van der Waals surface area contributed by atoms with Crippen molar-refractivity contribution in [2.24, 2.45) is 0 Å². The van der Waals surface area contributed by atoms with Gasteiger partial charge in [-0.1, -0.05) is 13.8 Å². The fourth-order valence-electron chi connectivity index (χ4n) is 0.364. The number of thioether (sulfide) groups is 1. The van der Waals surface area contributed by atoms with Crippen LogP contribution in [0.15, 0.2) is 0 Å². The third kappa shape index (κ3) is 4.79.